The molecule has 0 fully saturated rings. The minimum Gasteiger partial charge on any atom is -0.328 e. The quantitative estimate of drug-likeness (QED) is 0.905. The Morgan fingerprint density at radius 3 is 2.78 bits per heavy atom. The number of fused-ring (bicyclic) bond motifs is 1. The Kier molecular flexibility index (Phi) is 3.77. The summed E-state index contributed by atoms with van der Waals surface area (Å²) in [6.07, 6.45) is 3.69. The van der Waals surface area contributed by atoms with Gasteiger partial charge in [-0.2, -0.15) is 0 Å². The predicted octanol–water partition coefficient (Wildman–Crippen LogP) is 1.64. The number of hydrogen-bond acceptors (Lipinski definition) is 3. The maximum atomic E-state index is 12.2. The summed E-state index contributed by atoms with van der Waals surface area (Å²) in [6, 6.07) is 0.349. The molecule has 2 rings (SSSR count). The Bertz CT molecular complexity index is 534. The van der Waals surface area contributed by atoms with Crippen LogP contribution < -0.4 is 4.72 Å². The highest BCUT2D eigenvalue weighted by molar-refractivity contribution is 7.89. The molecule has 0 aliphatic carbocycles. The van der Waals surface area contributed by atoms with Gasteiger partial charge in [-0.1, -0.05) is 13.8 Å². The van der Waals surface area contributed by atoms with Crippen LogP contribution in [0, 0.1) is 0 Å². The lowest BCUT2D eigenvalue weighted by Gasteiger charge is -2.24. The number of hydrogen-bond donors (Lipinski definition) is 1. The zero-order valence-electron chi connectivity index (χ0n) is 11.2. The summed E-state index contributed by atoms with van der Waals surface area (Å²) < 4.78 is 29.0. The number of sulfonamides is 1. The molecule has 5 nitrogen and oxygen atoms in total. The lowest BCUT2D eigenvalue weighted by Crippen LogP contribution is -2.26. The van der Waals surface area contributed by atoms with Crippen molar-refractivity contribution in [2.45, 2.75) is 57.5 Å². The fourth-order valence-corrected chi connectivity index (χ4v) is 3.91. The fourth-order valence-electron chi connectivity index (χ4n) is 2.66. The van der Waals surface area contributed by atoms with E-state index in [1.54, 1.807) is 6.92 Å². The second-order valence-corrected chi connectivity index (χ2v) is 6.43. The van der Waals surface area contributed by atoms with Crippen LogP contribution in [0.2, 0.25) is 0 Å². The summed E-state index contributed by atoms with van der Waals surface area (Å²) in [4.78, 5) is 4.36. The van der Waals surface area contributed by atoms with Gasteiger partial charge in [-0.15, -0.1) is 0 Å². The van der Waals surface area contributed by atoms with Gasteiger partial charge >= 0.3 is 0 Å². The van der Waals surface area contributed by atoms with Crippen molar-refractivity contribution in [2.75, 3.05) is 6.54 Å². The lowest BCUT2D eigenvalue weighted by atomic mass is 10.0. The third-order valence-electron chi connectivity index (χ3n) is 3.43. The molecule has 1 aliphatic rings. The largest absolute Gasteiger partial charge is 0.328 e. The number of nitrogens with zero attached hydrogens (tertiary/aromatic N) is 2. The highest BCUT2D eigenvalue weighted by atomic mass is 32.2. The SMILES string of the molecule is CCNS(=O)(=O)c1nc(CC)n2c1CCCC2C. The summed E-state index contributed by atoms with van der Waals surface area (Å²) in [7, 11) is -3.45. The maximum Gasteiger partial charge on any atom is 0.259 e. The van der Waals surface area contributed by atoms with Gasteiger partial charge in [0.1, 0.15) is 5.82 Å². The first-order chi connectivity index (χ1) is 8.51. The standard InChI is InChI=1S/C12H21N3O2S/c1-4-11-14-12(18(16,17)13-5-2)10-8-6-7-9(3)15(10)11/h9,13H,4-8H2,1-3H3. The number of aryl methyl sites for hydroxylation is 1. The van der Waals surface area contributed by atoms with E-state index in [9.17, 15) is 8.42 Å². The summed E-state index contributed by atoms with van der Waals surface area (Å²) in [6.45, 7) is 6.32. The Balaban J connectivity index is 2.57. The average molecular weight is 271 g/mol. The zero-order valence-corrected chi connectivity index (χ0v) is 12.0. The highest BCUT2D eigenvalue weighted by Crippen LogP contribution is 2.30. The molecule has 0 saturated carbocycles. The van der Waals surface area contributed by atoms with Gasteiger partial charge in [-0.05, 0) is 26.2 Å². The Hall–Kier alpha value is -0.880. The Morgan fingerprint density at radius 1 is 1.44 bits per heavy atom. The van der Waals surface area contributed by atoms with E-state index >= 15 is 0 Å². The summed E-state index contributed by atoms with van der Waals surface area (Å²) in [5.41, 5.74) is 0.881. The molecule has 1 atom stereocenters. The minimum atomic E-state index is -3.45. The summed E-state index contributed by atoms with van der Waals surface area (Å²) in [5.74, 6) is 0.883. The Morgan fingerprint density at radius 2 is 2.17 bits per heavy atom. The van der Waals surface area contributed by atoms with E-state index in [0.29, 0.717) is 12.6 Å². The van der Waals surface area contributed by atoms with Crippen molar-refractivity contribution in [1.29, 1.82) is 0 Å². The van der Waals surface area contributed by atoms with Crippen molar-refractivity contribution in [3.8, 4) is 0 Å². The molecule has 1 unspecified atom stereocenters. The molecule has 0 saturated heterocycles. The topological polar surface area (TPSA) is 64.0 Å². The molecule has 0 aromatic carbocycles. The van der Waals surface area contributed by atoms with Gasteiger partial charge in [-0.25, -0.2) is 18.1 Å². The van der Waals surface area contributed by atoms with Gasteiger partial charge in [-0.3, -0.25) is 0 Å². The third kappa shape index (κ3) is 2.19. The first-order valence-corrected chi connectivity index (χ1v) is 8.09. The second kappa shape index (κ2) is 5.01. The number of nitrogens with one attached hydrogen (secondary N) is 1. The van der Waals surface area contributed by atoms with E-state index in [1.807, 2.05) is 6.92 Å². The smallest absolute Gasteiger partial charge is 0.259 e. The fraction of sp³-hybridized carbons (Fsp3) is 0.750. The molecule has 0 radical (unpaired) electrons. The van der Waals surface area contributed by atoms with Crippen LogP contribution in [-0.4, -0.2) is 24.5 Å². The van der Waals surface area contributed by atoms with Crippen LogP contribution in [-0.2, 0) is 22.9 Å². The number of imidazole rings is 1. The van der Waals surface area contributed by atoms with Crippen LogP contribution in [0.5, 0.6) is 0 Å². The van der Waals surface area contributed by atoms with Gasteiger partial charge in [0.05, 0.1) is 5.69 Å². The summed E-state index contributed by atoms with van der Waals surface area (Å²) in [5, 5.41) is 0.243. The van der Waals surface area contributed by atoms with E-state index in [4.69, 9.17) is 0 Å². The van der Waals surface area contributed by atoms with Crippen molar-refractivity contribution in [3.05, 3.63) is 11.5 Å². The second-order valence-electron chi connectivity index (χ2n) is 4.75. The van der Waals surface area contributed by atoms with Gasteiger partial charge in [0.25, 0.3) is 10.0 Å². The molecule has 2 heterocycles. The first kappa shape index (κ1) is 13.5. The van der Waals surface area contributed by atoms with E-state index in [2.05, 4.69) is 21.2 Å². The van der Waals surface area contributed by atoms with Crippen molar-refractivity contribution >= 4 is 10.0 Å². The van der Waals surface area contributed by atoms with E-state index < -0.39 is 10.0 Å². The minimum absolute atomic E-state index is 0.243. The monoisotopic (exact) mass is 271 g/mol. The van der Waals surface area contributed by atoms with E-state index in [0.717, 1.165) is 37.2 Å². The molecule has 102 valence electrons. The maximum absolute atomic E-state index is 12.2. The molecular formula is C12H21N3O2S. The highest BCUT2D eigenvalue weighted by Gasteiger charge is 2.29. The molecular weight excluding hydrogens is 250 g/mol. The number of rotatable bonds is 4. The summed E-state index contributed by atoms with van der Waals surface area (Å²) >= 11 is 0. The molecule has 1 aromatic heterocycles. The predicted molar refractivity (Wildman–Crippen MR) is 70.1 cm³/mol. The van der Waals surface area contributed by atoms with Gasteiger partial charge < -0.3 is 4.57 Å². The number of aromatic nitrogens is 2. The molecule has 0 spiro atoms. The molecule has 0 amide bonds. The normalized spacial score (nSPS) is 19.8. The molecule has 1 aromatic rings. The van der Waals surface area contributed by atoms with Crippen molar-refractivity contribution in [2.24, 2.45) is 0 Å². The van der Waals surface area contributed by atoms with Crippen LogP contribution in [0.3, 0.4) is 0 Å². The molecule has 1 aliphatic heterocycles. The lowest BCUT2D eigenvalue weighted by molar-refractivity contribution is 0.416. The van der Waals surface area contributed by atoms with E-state index in [-0.39, 0.29) is 5.03 Å². The van der Waals surface area contributed by atoms with Gasteiger partial charge in [0.15, 0.2) is 5.03 Å². The third-order valence-corrected chi connectivity index (χ3v) is 4.93. The van der Waals surface area contributed by atoms with Crippen LogP contribution in [0.4, 0.5) is 0 Å². The van der Waals surface area contributed by atoms with Crippen molar-refractivity contribution in [1.82, 2.24) is 14.3 Å². The molecule has 1 N–H and O–H groups in total. The average Bonchev–Trinajstić information content (AvgIpc) is 2.70. The molecule has 18 heavy (non-hydrogen) atoms. The van der Waals surface area contributed by atoms with Crippen molar-refractivity contribution in [3.63, 3.8) is 0 Å². The first-order valence-electron chi connectivity index (χ1n) is 6.60. The van der Waals surface area contributed by atoms with Crippen molar-refractivity contribution < 1.29 is 8.42 Å². The van der Waals surface area contributed by atoms with Crippen LogP contribution in [0.25, 0.3) is 0 Å². The zero-order chi connectivity index (χ0) is 13.3. The van der Waals surface area contributed by atoms with E-state index in [1.165, 1.54) is 0 Å². The molecule has 0 bridgehead atoms. The van der Waals surface area contributed by atoms with Crippen LogP contribution >= 0.6 is 0 Å². The van der Waals surface area contributed by atoms with Crippen LogP contribution in [0.15, 0.2) is 5.03 Å². The molecule has 6 heteroatoms. The van der Waals surface area contributed by atoms with Crippen LogP contribution in [0.1, 0.15) is 51.2 Å². The van der Waals surface area contributed by atoms with Gasteiger partial charge in [0, 0.05) is 19.0 Å². The Labute approximate surface area is 109 Å². The van der Waals surface area contributed by atoms with Gasteiger partial charge in [0.2, 0.25) is 0 Å².